The molecule has 2 N–H and O–H groups in total. The van der Waals surface area contributed by atoms with Crippen LogP contribution in [0.15, 0.2) is 35.1 Å². The highest BCUT2D eigenvalue weighted by Crippen LogP contribution is 2.04. The van der Waals surface area contributed by atoms with Crippen molar-refractivity contribution in [3.8, 4) is 0 Å². The molecule has 0 atom stereocenters. The van der Waals surface area contributed by atoms with Gasteiger partial charge < -0.3 is 5.32 Å². The monoisotopic (exact) mass is 205 g/mol. The summed E-state index contributed by atoms with van der Waals surface area (Å²) in [6, 6.07) is 8.24. The van der Waals surface area contributed by atoms with Crippen LogP contribution in [0.2, 0.25) is 0 Å². The number of carbonyl (C=O) groups excluding carboxylic acids is 1. The molecule has 0 saturated heterocycles. The lowest BCUT2D eigenvalue weighted by atomic mass is 10.3. The fraction of sp³-hybridized carbons (Fsp3) is 0. The van der Waals surface area contributed by atoms with Crippen molar-refractivity contribution in [3.05, 3.63) is 40.8 Å². The molecule has 7 nitrogen and oxygen atoms in total. The Hall–Kier alpha value is -2.44. The van der Waals surface area contributed by atoms with Crippen LogP contribution < -0.4 is 11.0 Å². The first kappa shape index (κ1) is 9.13. The van der Waals surface area contributed by atoms with E-state index in [1.165, 1.54) is 0 Å². The van der Waals surface area contributed by atoms with Gasteiger partial charge in [0.1, 0.15) is 0 Å². The van der Waals surface area contributed by atoms with Crippen LogP contribution in [0.4, 0.5) is 10.5 Å². The summed E-state index contributed by atoms with van der Waals surface area (Å²) < 4.78 is 0. The molecule has 7 heteroatoms. The standard InChI is InChI=1S/C8H7N5O2/c14-7-10-12-13(11-7)8(15)9-6-4-2-1-3-5-6/h1-5H,(H,9,15)(H,11,14). The molecule has 0 spiro atoms. The van der Waals surface area contributed by atoms with E-state index in [0.29, 0.717) is 5.69 Å². The van der Waals surface area contributed by atoms with E-state index < -0.39 is 11.7 Å². The molecule has 2 aromatic rings. The minimum absolute atomic E-state index is 0.573. The maximum absolute atomic E-state index is 11.4. The fourth-order valence-corrected chi connectivity index (χ4v) is 1.01. The number of nitrogens with one attached hydrogen (secondary N) is 2. The molecule has 0 saturated carbocycles. The molecular weight excluding hydrogens is 198 g/mol. The van der Waals surface area contributed by atoms with Crippen molar-refractivity contribution in [2.75, 3.05) is 5.32 Å². The number of aromatic nitrogens is 4. The number of aromatic amines is 1. The molecule has 0 aliphatic rings. The minimum atomic E-state index is -0.668. The second kappa shape index (κ2) is 3.74. The highest BCUT2D eigenvalue weighted by Gasteiger charge is 2.06. The molecule has 0 aliphatic carbocycles. The first-order valence-electron chi connectivity index (χ1n) is 4.14. The minimum Gasteiger partial charge on any atom is -0.305 e. The number of H-pyrrole nitrogens is 1. The van der Waals surface area contributed by atoms with Crippen molar-refractivity contribution in [2.45, 2.75) is 0 Å². The number of rotatable bonds is 1. The molecule has 1 aromatic heterocycles. The number of carbonyl (C=O) groups is 1. The summed E-state index contributed by atoms with van der Waals surface area (Å²) in [6.45, 7) is 0. The van der Waals surface area contributed by atoms with Gasteiger partial charge in [0.15, 0.2) is 0 Å². The van der Waals surface area contributed by atoms with E-state index in [4.69, 9.17) is 0 Å². The molecule has 2 rings (SSSR count). The Bertz CT molecular complexity index is 515. The zero-order chi connectivity index (χ0) is 10.7. The third-order valence-corrected chi connectivity index (χ3v) is 1.64. The molecule has 0 radical (unpaired) electrons. The predicted octanol–water partition coefficient (Wildman–Crippen LogP) is 0.0466. The molecule has 76 valence electrons. The lowest BCUT2D eigenvalue weighted by Crippen LogP contribution is -2.23. The largest absolute Gasteiger partial charge is 0.381 e. The van der Waals surface area contributed by atoms with Gasteiger partial charge in [0.2, 0.25) is 0 Å². The molecule has 0 aliphatic heterocycles. The summed E-state index contributed by atoms with van der Waals surface area (Å²) in [5, 5.41) is 11.1. The highest BCUT2D eigenvalue weighted by atomic mass is 16.2. The highest BCUT2D eigenvalue weighted by molar-refractivity contribution is 5.89. The molecule has 1 heterocycles. The zero-order valence-corrected chi connectivity index (χ0v) is 7.54. The Morgan fingerprint density at radius 2 is 2.07 bits per heavy atom. The van der Waals surface area contributed by atoms with E-state index in [0.717, 1.165) is 4.80 Å². The van der Waals surface area contributed by atoms with Gasteiger partial charge >= 0.3 is 11.7 Å². The van der Waals surface area contributed by atoms with Gasteiger partial charge in [0, 0.05) is 5.69 Å². The van der Waals surface area contributed by atoms with Crippen LogP contribution in [-0.4, -0.2) is 26.2 Å². The summed E-state index contributed by atoms with van der Waals surface area (Å²) in [7, 11) is 0. The van der Waals surface area contributed by atoms with Crippen LogP contribution in [0.3, 0.4) is 0 Å². The fourth-order valence-electron chi connectivity index (χ4n) is 1.01. The third kappa shape index (κ3) is 2.08. The average Bonchev–Trinajstić information content (AvgIpc) is 2.66. The van der Waals surface area contributed by atoms with E-state index >= 15 is 0 Å². The van der Waals surface area contributed by atoms with Gasteiger partial charge in [0.25, 0.3) is 0 Å². The van der Waals surface area contributed by atoms with Crippen molar-refractivity contribution < 1.29 is 4.79 Å². The quantitative estimate of drug-likeness (QED) is 0.687. The van der Waals surface area contributed by atoms with Crippen LogP contribution in [0, 0.1) is 0 Å². The van der Waals surface area contributed by atoms with Gasteiger partial charge in [-0.15, -0.1) is 0 Å². The van der Waals surface area contributed by atoms with Gasteiger partial charge in [-0.1, -0.05) is 28.1 Å². The first-order valence-corrected chi connectivity index (χ1v) is 4.14. The Balaban J connectivity index is 2.14. The molecule has 0 unspecified atom stereocenters. The number of anilines is 1. The predicted molar refractivity (Wildman–Crippen MR) is 51.5 cm³/mol. The van der Waals surface area contributed by atoms with Gasteiger partial charge in [-0.2, -0.15) is 0 Å². The second-order valence-corrected chi connectivity index (χ2v) is 2.71. The van der Waals surface area contributed by atoms with Crippen molar-refractivity contribution in [1.82, 2.24) is 20.2 Å². The van der Waals surface area contributed by atoms with Gasteiger partial charge in [0.05, 0.1) is 0 Å². The van der Waals surface area contributed by atoms with E-state index in [9.17, 15) is 9.59 Å². The summed E-state index contributed by atoms with van der Waals surface area (Å²) >= 11 is 0. The number of para-hydroxylation sites is 1. The van der Waals surface area contributed by atoms with E-state index in [2.05, 4.69) is 20.7 Å². The number of amides is 1. The van der Waals surface area contributed by atoms with Crippen LogP contribution in [0.1, 0.15) is 0 Å². The summed E-state index contributed by atoms with van der Waals surface area (Å²) in [4.78, 5) is 22.8. The number of hydrogen-bond acceptors (Lipinski definition) is 4. The number of tetrazole rings is 1. The lowest BCUT2D eigenvalue weighted by Gasteiger charge is -2.01. The maximum atomic E-state index is 11.4. The average molecular weight is 205 g/mol. The first-order chi connectivity index (χ1) is 7.25. The van der Waals surface area contributed by atoms with Gasteiger partial charge in [-0.05, 0) is 17.3 Å². The van der Waals surface area contributed by atoms with Crippen LogP contribution >= 0.6 is 0 Å². The number of nitrogens with zero attached hydrogens (tertiary/aromatic N) is 3. The molecule has 0 bridgehead atoms. The third-order valence-electron chi connectivity index (χ3n) is 1.64. The van der Waals surface area contributed by atoms with Gasteiger partial charge in [-0.25, -0.2) is 14.7 Å². The molecule has 0 fully saturated rings. The molecule has 1 aromatic carbocycles. The maximum Gasteiger partial charge on any atom is 0.381 e. The van der Waals surface area contributed by atoms with E-state index in [1.54, 1.807) is 24.3 Å². The Morgan fingerprint density at radius 3 is 2.67 bits per heavy atom. The second-order valence-electron chi connectivity index (χ2n) is 2.71. The Morgan fingerprint density at radius 1 is 1.33 bits per heavy atom. The van der Waals surface area contributed by atoms with Crippen molar-refractivity contribution in [1.29, 1.82) is 0 Å². The smallest absolute Gasteiger partial charge is 0.305 e. The lowest BCUT2D eigenvalue weighted by molar-refractivity contribution is 0.247. The Kier molecular flexibility index (Phi) is 2.28. The Labute approximate surface area is 83.7 Å². The zero-order valence-electron chi connectivity index (χ0n) is 7.54. The van der Waals surface area contributed by atoms with Gasteiger partial charge in [-0.3, -0.25) is 0 Å². The van der Waals surface area contributed by atoms with Crippen LogP contribution in [0.25, 0.3) is 0 Å². The normalized spacial score (nSPS) is 9.87. The van der Waals surface area contributed by atoms with E-state index in [-0.39, 0.29) is 0 Å². The molecular formula is C8H7N5O2. The van der Waals surface area contributed by atoms with Crippen molar-refractivity contribution in [2.24, 2.45) is 0 Å². The number of hydrogen-bond donors (Lipinski definition) is 2. The molecule has 1 amide bonds. The van der Waals surface area contributed by atoms with Crippen molar-refractivity contribution >= 4 is 11.7 Å². The van der Waals surface area contributed by atoms with Crippen molar-refractivity contribution in [3.63, 3.8) is 0 Å². The topological polar surface area (TPSA) is 92.7 Å². The van der Waals surface area contributed by atoms with Crippen LogP contribution in [0.5, 0.6) is 0 Å². The summed E-state index contributed by atoms with van der Waals surface area (Å²) in [5.74, 6) is 0. The van der Waals surface area contributed by atoms with E-state index in [1.807, 2.05) is 6.07 Å². The van der Waals surface area contributed by atoms with Crippen LogP contribution in [-0.2, 0) is 0 Å². The summed E-state index contributed by atoms with van der Waals surface area (Å²) in [5.41, 5.74) is -0.0583. The number of benzene rings is 1. The molecule has 15 heavy (non-hydrogen) atoms. The SMILES string of the molecule is O=C(Nc1ccccc1)n1nnc(=O)[nH]1. The summed E-state index contributed by atoms with van der Waals surface area (Å²) in [6.07, 6.45) is 0.